The standard InChI is InChI=1S/C23H22N2O5S/c1-3-30-23(26)15-22(18-7-5-13-24-16-18)17-6-4-8-19(14-17)25-31(27,28)21-11-9-20(29-2)10-12-21/h4-16,25H,3H2,1-2H3/b22-15+. The first-order valence-electron chi connectivity index (χ1n) is 9.49. The zero-order chi connectivity index (χ0) is 22.3. The third-order valence-electron chi connectivity index (χ3n) is 4.32. The molecule has 0 amide bonds. The second-order valence-electron chi connectivity index (χ2n) is 6.41. The fourth-order valence-electron chi connectivity index (χ4n) is 2.88. The number of hydrogen-bond acceptors (Lipinski definition) is 6. The topological polar surface area (TPSA) is 94.6 Å². The summed E-state index contributed by atoms with van der Waals surface area (Å²) in [5, 5.41) is 0. The lowest BCUT2D eigenvalue weighted by Gasteiger charge is -2.12. The molecule has 0 aliphatic heterocycles. The molecule has 0 saturated carbocycles. The zero-order valence-corrected chi connectivity index (χ0v) is 17.9. The molecule has 0 spiro atoms. The number of pyridine rings is 1. The highest BCUT2D eigenvalue weighted by Gasteiger charge is 2.16. The number of ether oxygens (including phenoxy) is 2. The van der Waals surface area contributed by atoms with Gasteiger partial charge in [0.25, 0.3) is 10.0 Å². The Bertz CT molecular complexity index is 1170. The van der Waals surface area contributed by atoms with Crippen molar-refractivity contribution >= 4 is 27.3 Å². The fourth-order valence-corrected chi connectivity index (χ4v) is 3.93. The largest absolute Gasteiger partial charge is 0.497 e. The molecule has 2 aromatic carbocycles. The molecular formula is C23H22N2O5S. The SMILES string of the molecule is CCOC(=O)/C=C(/c1cccnc1)c1cccc(NS(=O)(=O)c2ccc(OC)cc2)c1. The van der Waals surface area contributed by atoms with Gasteiger partial charge in [0.2, 0.25) is 0 Å². The second kappa shape index (κ2) is 9.90. The average Bonchev–Trinajstić information content (AvgIpc) is 2.78. The van der Waals surface area contributed by atoms with E-state index in [1.165, 1.54) is 25.3 Å². The molecule has 0 unspecified atom stereocenters. The first-order chi connectivity index (χ1) is 14.9. The van der Waals surface area contributed by atoms with Crippen LogP contribution in [0.1, 0.15) is 18.1 Å². The van der Waals surface area contributed by atoms with Crippen LogP contribution in [0.25, 0.3) is 5.57 Å². The van der Waals surface area contributed by atoms with E-state index in [-0.39, 0.29) is 11.5 Å². The van der Waals surface area contributed by atoms with Gasteiger partial charge in [-0.1, -0.05) is 18.2 Å². The summed E-state index contributed by atoms with van der Waals surface area (Å²) in [5.41, 5.74) is 2.26. The van der Waals surface area contributed by atoms with Crippen molar-refractivity contribution in [3.05, 3.63) is 90.3 Å². The van der Waals surface area contributed by atoms with Gasteiger partial charge in [0.15, 0.2) is 0 Å². The third kappa shape index (κ3) is 5.70. The van der Waals surface area contributed by atoms with Crippen LogP contribution in [0.2, 0.25) is 0 Å². The predicted octanol–water partition coefficient (Wildman–Crippen LogP) is 3.89. The van der Waals surface area contributed by atoms with Crippen LogP contribution in [0.15, 0.2) is 84.0 Å². The van der Waals surface area contributed by atoms with Gasteiger partial charge in [0.05, 0.1) is 18.6 Å². The van der Waals surface area contributed by atoms with Crippen LogP contribution >= 0.6 is 0 Å². The minimum atomic E-state index is -3.81. The molecule has 1 heterocycles. The maximum Gasteiger partial charge on any atom is 0.331 e. The Balaban J connectivity index is 1.95. The van der Waals surface area contributed by atoms with Gasteiger partial charge < -0.3 is 9.47 Å². The summed E-state index contributed by atoms with van der Waals surface area (Å²) >= 11 is 0. The lowest BCUT2D eigenvalue weighted by molar-refractivity contribution is -0.137. The summed E-state index contributed by atoms with van der Waals surface area (Å²) in [7, 11) is -2.30. The number of rotatable bonds is 8. The van der Waals surface area contributed by atoms with Crippen LogP contribution in [0, 0.1) is 0 Å². The lowest BCUT2D eigenvalue weighted by atomic mass is 9.98. The van der Waals surface area contributed by atoms with Gasteiger partial charge in [0, 0.05) is 29.7 Å². The minimum absolute atomic E-state index is 0.105. The maximum atomic E-state index is 12.8. The maximum absolute atomic E-state index is 12.8. The quantitative estimate of drug-likeness (QED) is 0.424. The number of anilines is 1. The molecule has 7 nitrogen and oxygen atoms in total. The molecule has 1 aromatic heterocycles. The van der Waals surface area contributed by atoms with Crippen molar-refractivity contribution in [1.82, 2.24) is 4.98 Å². The molecule has 0 aliphatic rings. The molecule has 3 aromatic rings. The van der Waals surface area contributed by atoms with E-state index >= 15 is 0 Å². The Morgan fingerprint density at radius 2 is 1.81 bits per heavy atom. The molecule has 0 radical (unpaired) electrons. The first-order valence-corrected chi connectivity index (χ1v) is 11.0. The predicted molar refractivity (Wildman–Crippen MR) is 118 cm³/mol. The Morgan fingerprint density at radius 1 is 1.06 bits per heavy atom. The van der Waals surface area contributed by atoms with E-state index in [4.69, 9.17) is 9.47 Å². The van der Waals surface area contributed by atoms with Gasteiger partial charge in [-0.25, -0.2) is 13.2 Å². The average molecular weight is 439 g/mol. The van der Waals surface area contributed by atoms with Crippen molar-refractivity contribution < 1.29 is 22.7 Å². The number of nitrogens with one attached hydrogen (secondary N) is 1. The number of carbonyl (C=O) groups is 1. The Morgan fingerprint density at radius 3 is 2.45 bits per heavy atom. The van der Waals surface area contributed by atoms with E-state index in [0.717, 1.165) is 0 Å². The molecule has 160 valence electrons. The molecular weight excluding hydrogens is 416 g/mol. The Hall–Kier alpha value is -3.65. The van der Waals surface area contributed by atoms with Crippen LogP contribution in [-0.2, 0) is 19.6 Å². The number of carbonyl (C=O) groups excluding carboxylic acids is 1. The number of aromatic nitrogens is 1. The molecule has 3 rings (SSSR count). The molecule has 0 bridgehead atoms. The molecule has 0 saturated heterocycles. The number of esters is 1. The van der Waals surface area contributed by atoms with Crippen molar-refractivity contribution in [3.63, 3.8) is 0 Å². The van der Waals surface area contributed by atoms with Crippen molar-refractivity contribution in [2.75, 3.05) is 18.4 Å². The summed E-state index contributed by atoms with van der Waals surface area (Å²) < 4.78 is 38.2. The van der Waals surface area contributed by atoms with E-state index in [2.05, 4.69) is 9.71 Å². The van der Waals surface area contributed by atoms with Gasteiger partial charge in [-0.2, -0.15) is 0 Å². The summed E-state index contributed by atoms with van der Waals surface area (Å²) in [6.45, 7) is 1.97. The van der Waals surface area contributed by atoms with Crippen molar-refractivity contribution in [2.24, 2.45) is 0 Å². The molecule has 0 fully saturated rings. The Labute approximate surface area is 181 Å². The van der Waals surface area contributed by atoms with Crippen LogP contribution in [0.5, 0.6) is 5.75 Å². The number of methoxy groups -OCH3 is 1. The van der Waals surface area contributed by atoms with Crippen LogP contribution in [0.4, 0.5) is 5.69 Å². The summed E-state index contributed by atoms with van der Waals surface area (Å²) in [6.07, 6.45) is 4.63. The normalized spacial score (nSPS) is 11.6. The van der Waals surface area contributed by atoms with Gasteiger partial charge >= 0.3 is 5.97 Å². The molecule has 1 N–H and O–H groups in total. The molecule has 31 heavy (non-hydrogen) atoms. The van der Waals surface area contributed by atoms with E-state index in [0.29, 0.717) is 28.1 Å². The lowest BCUT2D eigenvalue weighted by Crippen LogP contribution is -2.13. The van der Waals surface area contributed by atoms with Gasteiger partial charge in [-0.3, -0.25) is 9.71 Å². The van der Waals surface area contributed by atoms with E-state index in [9.17, 15) is 13.2 Å². The minimum Gasteiger partial charge on any atom is -0.497 e. The van der Waals surface area contributed by atoms with Crippen LogP contribution < -0.4 is 9.46 Å². The number of benzene rings is 2. The third-order valence-corrected chi connectivity index (χ3v) is 5.71. The van der Waals surface area contributed by atoms with Crippen LogP contribution in [0.3, 0.4) is 0 Å². The van der Waals surface area contributed by atoms with Gasteiger partial charge in [-0.05, 0) is 60.5 Å². The van der Waals surface area contributed by atoms with Crippen molar-refractivity contribution in [3.8, 4) is 5.75 Å². The van der Waals surface area contributed by atoms with Crippen molar-refractivity contribution in [1.29, 1.82) is 0 Å². The summed E-state index contributed by atoms with van der Waals surface area (Å²) in [5.74, 6) is 0.0664. The van der Waals surface area contributed by atoms with E-state index < -0.39 is 16.0 Å². The van der Waals surface area contributed by atoms with Gasteiger partial charge in [0.1, 0.15) is 5.75 Å². The van der Waals surface area contributed by atoms with E-state index in [1.54, 1.807) is 61.8 Å². The Kier molecular flexibility index (Phi) is 7.04. The van der Waals surface area contributed by atoms with Crippen molar-refractivity contribution in [2.45, 2.75) is 11.8 Å². The highest BCUT2D eigenvalue weighted by atomic mass is 32.2. The highest BCUT2D eigenvalue weighted by molar-refractivity contribution is 7.92. The number of nitrogens with zero attached hydrogens (tertiary/aromatic N) is 1. The zero-order valence-electron chi connectivity index (χ0n) is 17.1. The second-order valence-corrected chi connectivity index (χ2v) is 8.10. The molecule has 8 heteroatoms. The number of hydrogen-bond donors (Lipinski definition) is 1. The fraction of sp³-hybridized carbons (Fsp3) is 0.130. The van der Waals surface area contributed by atoms with E-state index in [1.807, 2.05) is 6.07 Å². The molecule has 0 atom stereocenters. The van der Waals surface area contributed by atoms with Crippen LogP contribution in [-0.4, -0.2) is 33.1 Å². The highest BCUT2D eigenvalue weighted by Crippen LogP contribution is 2.27. The molecule has 0 aliphatic carbocycles. The van der Waals surface area contributed by atoms with Gasteiger partial charge in [-0.15, -0.1) is 0 Å². The smallest absolute Gasteiger partial charge is 0.331 e. The first kappa shape index (κ1) is 22.0. The summed E-state index contributed by atoms with van der Waals surface area (Å²) in [6, 6.07) is 16.4. The number of sulfonamides is 1. The summed E-state index contributed by atoms with van der Waals surface area (Å²) in [4.78, 5) is 16.3. The monoisotopic (exact) mass is 438 g/mol.